The Morgan fingerprint density at radius 1 is 1.06 bits per heavy atom. The number of thioether (sulfide) groups is 1. The van der Waals surface area contributed by atoms with E-state index >= 15 is 0 Å². The van der Waals surface area contributed by atoms with Crippen LogP contribution in [-0.2, 0) is 31.6 Å². The first-order valence-corrected chi connectivity index (χ1v) is 14.9. The van der Waals surface area contributed by atoms with E-state index in [1.807, 2.05) is 6.92 Å². The maximum absolute atomic E-state index is 12.0. The van der Waals surface area contributed by atoms with Gasteiger partial charge in [0.1, 0.15) is 29.1 Å². The number of aliphatic hydroxyl groups is 2. The molecule has 0 aromatic carbocycles. The molecule has 2 aromatic heterocycles. The Hall–Kier alpha value is -0.810. The summed E-state index contributed by atoms with van der Waals surface area (Å²) in [6, 6.07) is 0. The summed E-state index contributed by atoms with van der Waals surface area (Å²) < 4.78 is 52.4. The molecule has 0 amide bonds. The highest BCUT2D eigenvalue weighted by Gasteiger charge is 2.50. The van der Waals surface area contributed by atoms with E-state index in [4.69, 9.17) is 14.5 Å². The quantitative estimate of drug-likeness (QED) is 0.0944. The van der Waals surface area contributed by atoms with Crippen molar-refractivity contribution in [3.05, 3.63) is 12.7 Å². The fourth-order valence-corrected chi connectivity index (χ4v) is 6.94. The van der Waals surface area contributed by atoms with E-state index in [0.717, 1.165) is 18.6 Å². The number of unbranched alkanes of at least 4 members (excludes halogenated alkanes) is 1. The lowest BCUT2D eigenvalue weighted by molar-refractivity contribution is -0.133. The average Bonchev–Trinajstić information content (AvgIpc) is 3.22. The minimum absolute atomic E-state index is 0.212. The van der Waals surface area contributed by atoms with Crippen LogP contribution < -0.4 is 0 Å². The fourth-order valence-electron chi connectivity index (χ4n) is 2.81. The van der Waals surface area contributed by atoms with Crippen LogP contribution in [0.15, 0.2) is 17.7 Å². The predicted octanol–water partition coefficient (Wildman–Crippen LogP) is 0.638. The van der Waals surface area contributed by atoms with Gasteiger partial charge in [0.25, 0.3) is 0 Å². The summed E-state index contributed by atoms with van der Waals surface area (Å²) in [4.78, 5) is 48.5. The van der Waals surface area contributed by atoms with E-state index in [-0.39, 0.29) is 5.65 Å². The first-order chi connectivity index (χ1) is 15.7. The molecular formula is C13H21N4O13P3S. The maximum Gasteiger partial charge on any atom is 0.490 e. The normalized spacial score (nSPS) is 27.0. The van der Waals surface area contributed by atoms with Gasteiger partial charge in [0, 0.05) is 0 Å². The molecule has 1 aliphatic heterocycles. The van der Waals surface area contributed by atoms with Gasteiger partial charge >= 0.3 is 23.5 Å². The Labute approximate surface area is 195 Å². The number of hydrogen-bond donors (Lipinski definition) is 6. The van der Waals surface area contributed by atoms with Gasteiger partial charge in [0.2, 0.25) is 0 Å². The fraction of sp³-hybridized carbons (Fsp3) is 0.615. The molecule has 0 spiro atoms. The third-order valence-electron chi connectivity index (χ3n) is 4.18. The zero-order valence-corrected chi connectivity index (χ0v) is 20.7. The molecule has 0 aliphatic carbocycles. The third-order valence-corrected chi connectivity index (χ3v) is 9.05. The van der Waals surface area contributed by atoms with Crippen molar-refractivity contribution < 1.29 is 61.4 Å². The second-order valence-electron chi connectivity index (χ2n) is 6.78. The molecule has 3 heterocycles. The van der Waals surface area contributed by atoms with E-state index in [1.165, 1.54) is 29.0 Å². The highest BCUT2D eigenvalue weighted by molar-refractivity contribution is 7.99. The minimum Gasteiger partial charge on any atom is -0.385 e. The smallest absolute Gasteiger partial charge is 0.385 e. The van der Waals surface area contributed by atoms with Crippen LogP contribution >= 0.6 is 35.2 Å². The lowest BCUT2D eigenvalue weighted by Crippen LogP contribution is -2.32. The van der Waals surface area contributed by atoms with Gasteiger partial charge in [-0.25, -0.2) is 28.6 Å². The number of imidazole rings is 1. The summed E-state index contributed by atoms with van der Waals surface area (Å²) >= 11 is 1.44. The van der Waals surface area contributed by atoms with Gasteiger partial charge in [-0.1, -0.05) is 13.3 Å². The number of ether oxygens (including phenoxy) is 1. The molecule has 1 fully saturated rings. The van der Waals surface area contributed by atoms with E-state index in [2.05, 4.69) is 28.1 Å². The SMILES string of the molecule is CCCCSc1ncnc2c1ncn2C1OC(OP(=O)(O)OP(=O)(O)OP(=O)(O)O)C(O)C1O. The zero-order chi connectivity index (χ0) is 25.3. The van der Waals surface area contributed by atoms with Crippen LogP contribution in [0.1, 0.15) is 26.0 Å². The summed E-state index contributed by atoms with van der Waals surface area (Å²) in [5.41, 5.74) is 0.592. The molecule has 2 aromatic rings. The number of phosphoric ester groups is 1. The summed E-state index contributed by atoms with van der Waals surface area (Å²) in [7, 11) is -17.0. The van der Waals surface area contributed by atoms with Crippen molar-refractivity contribution in [2.45, 2.75) is 49.5 Å². The molecule has 6 atom stereocenters. The lowest BCUT2D eigenvalue weighted by Gasteiger charge is -2.20. The Balaban J connectivity index is 1.77. The molecular weight excluding hydrogens is 545 g/mol. The number of rotatable bonds is 11. The van der Waals surface area contributed by atoms with E-state index in [1.54, 1.807) is 0 Å². The second-order valence-corrected chi connectivity index (χ2v) is 12.2. The molecule has 6 N–H and O–H groups in total. The molecule has 0 bridgehead atoms. The van der Waals surface area contributed by atoms with Gasteiger partial charge in [-0.3, -0.25) is 9.09 Å². The van der Waals surface area contributed by atoms with Gasteiger partial charge in [-0.05, 0) is 12.2 Å². The maximum atomic E-state index is 12.0. The molecule has 0 radical (unpaired) electrons. The van der Waals surface area contributed by atoms with Crippen molar-refractivity contribution in [3.63, 3.8) is 0 Å². The van der Waals surface area contributed by atoms with Crippen LogP contribution in [0.4, 0.5) is 0 Å². The molecule has 3 rings (SSSR count). The first-order valence-electron chi connectivity index (χ1n) is 9.37. The van der Waals surface area contributed by atoms with E-state index < -0.39 is 48.2 Å². The van der Waals surface area contributed by atoms with Crippen LogP contribution in [0, 0.1) is 0 Å². The topological polar surface area (TPSA) is 253 Å². The second kappa shape index (κ2) is 10.7. The van der Waals surface area contributed by atoms with Crippen molar-refractivity contribution in [3.8, 4) is 0 Å². The zero-order valence-electron chi connectivity index (χ0n) is 17.2. The van der Waals surface area contributed by atoms with Gasteiger partial charge in [0.05, 0.1) is 6.33 Å². The molecule has 6 unspecified atom stereocenters. The third kappa shape index (κ3) is 6.90. The van der Waals surface area contributed by atoms with Gasteiger partial charge in [-0.15, -0.1) is 11.8 Å². The van der Waals surface area contributed by atoms with Gasteiger partial charge in [0.15, 0.2) is 18.2 Å². The molecule has 1 saturated heterocycles. The molecule has 17 nitrogen and oxygen atoms in total. The summed E-state index contributed by atoms with van der Waals surface area (Å²) in [5.74, 6) is 0.777. The number of nitrogens with zero attached hydrogens (tertiary/aromatic N) is 4. The highest BCUT2D eigenvalue weighted by atomic mass is 32.2. The van der Waals surface area contributed by atoms with Crippen LogP contribution in [0.2, 0.25) is 0 Å². The van der Waals surface area contributed by atoms with E-state index in [9.17, 15) is 33.7 Å². The summed E-state index contributed by atoms with van der Waals surface area (Å²) in [5, 5.41) is 21.2. The van der Waals surface area contributed by atoms with Crippen molar-refractivity contribution in [2.24, 2.45) is 0 Å². The van der Waals surface area contributed by atoms with Crippen LogP contribution in [0.25, 0.3) is 11.2 Å². The van der Waals surface area contributed by atoms with Crippen molar-refractivity contribution in [1.82, 2.24) is 19.5 Å². The monoisotopic (exact) mass is 566 g/mol. The molecule has 34 heavy (non-hydrogen) atoms. The number of aliphatic hydroxyl groups excluding tert-OH is 2. The van der Waals surface area contributed by atoms with Crippen molar-refractivity contribution >= 4 is 46.4 Å². The molecule has 192 valence electrons. The Bertz CT molecular complexity index is 1160. The highest BCUT2D eigenvalue weighted by Crippen LogP contribution is 2.67. The molecule has 21 heteroatoms. The Morgan fingerprint density at radius 2 is 1.76 bits per heavy atom. The standard InChI is InChI=1S/C13H21N4O13P3S/c1-2-3-4-34-11-7-10(14-5-15-11)17(6-16-7)12-8(18)9(19)13(27-12)28-32(23,24)30-33(25,26)29-31(20,21)22/h5-6,8-9,12-13,18-19H,2-4H2,1H3,(H,23,24)(H,25,26)(H2,20,21,22). The summed E-state index contributed by atoms with van der Waals surface area (Å²) in [6.45, 7) is 2.04. The Kier molecular flexibility index (Phi) is 8.71. The number of fused-ring (bicyclic) bond motifs is 1. The minimum atomic E-state index is -5.78. The summed E-state index contributed by atoms with van der Waals surface area (Å²) in [6.07, 6.45) is -2.81. The van der Waals surface area contributed by atoms with Crippen LogP contribution in [-0.4, -0.2) is 73.6 Å². The van der Waals surface area contributed by atoms with Crippen LogP contribution in [0.3, 0.4) is 0 Å². The predicted molar refractivity (Wildman–Crippen MR) is 112 cm³/mol. The van der Waals surface area contributed by atoms with Crippen molar-refractivity contribution in [2.75, 3.05) is 5.75 Å². The number of aromatic nitrogens is 4. The Morgan fingerprint density at radius 3 is 2.41 bits per heavy atom. The van der Waals surface area contributed by atoms with Crippen LogP contribution in [0.5, 0.6) is 0 Å². The van der Waals surface area contributed by atoms with Gasteiger partial charge in [-0.2, -0.15) is 8.62 Å². The average molecular weight is 566 g/mol. The first kappa shape index (κ1) is 27.8. The number of phosphoric acid groups is 3. The van der Waals surface area contributed by atoms with E-state index in [0.29, 0.717) is 10.5 Å². The largest absolute Gasteiger partial charge is 0.490 e. The number of hydrogen-bond acceptors (Lipinski definition) is 13. The van der Waals surface area contributed by atoms with Crippen molar-refractivity contribution in [1.29, 1.82) is 0 Å². The molecule has 1 aliphatic rings. The lowest BCUT2D eigenvalue weighted by atomic mass is 10.2. The molecule has 0 saturated carbocycles. The van der Waals surface area contributed by atoms with Gasteiger partial charge < -0.3 is 34.5 Å².